The van der Waals surface area contributed by atoms with Crippen LogP contribution in [0.2, 0.25) is 0 Å². The molecule has 0 amide bonds. The van der Waals surface area contributed by atoms with Gasteiger partial charge in [-0.3, -0.25) is 0 Å². The Balaban J connectivity index is 1.54. The second-order valence-corrected chi connectivity index (χ2v) is 4.84. The summed E-state index contributed by atoms with van der Waals surface area (Å²) >= 11 is 0. The minimum Gasteiger partial charge on any atom is -0.492 e. The van der Waals surface area contributed by atoms with E-state index in [2.05, 4.69) is 10.3 Å². The molecule has 21 heavy (non-hydrogen) atoms. The molecule has 1 aromatic heterocycles. The van der Waals surface area contributed by atoms with Crippen LogP contribution in [-0.4, -0.2) is 18.1 Å². The lowest BCUT2D eigenvalue weighted by Crippen LogP contribution is -2.11. The number of hydrogen-bond donors (Lipinski definition) is 2. The van der Waals surface area contributed by atoms with Crippen LogP contribution in [0.25, 0.3) is 11.1 Å². The Bertz CT molecular complexity index is 752. The number of nitrogens with zero attached hydrogens (tertiary/aromatic N) is 1. The maximum Gasteiger partial charge on any atom is 0.295 e. The summed E-state index contributed by atoms with van der Waals surface area (Å²) in [5.74, 6) is 0.863. The fourth-order valence-corrected chi connectivity index (χ4v) is 2.05. The molecule has 0 fully saturated rings. The highest BCUT2D eigenvalue weighted by Crippen LogP contribution is 2.20. The van der Waals surface area contributed by atoms with Gasteiger partial charge >= 0.3 is 0 Å². The van der Waals surface area contributed by atoms with Crippen LogP contribution in [0.15, 0.2) is 46.9 Å². The van der Waals surface area contributed by atoms with E-state index in [1.165, 1.54) is 5.56 Å². The monoisotopic (exact) mass is 283 g/mol. The number of nitrogen functional groups attached to an aromatic ring is 1. The number of oxazole rings is 1. The van der Waals surface area contributed by atoms with Gasteiger partial charge < -0.3 is 20.2 Å². The lowest BCUT2D eigenvalue weighted by molar-refractivity contribution is 0.331. The molecule has 0 aliphatic carbocycles. The first-order valence-corrected chi connectivity index (χ1v) is 6.80. The van der Waals surface area contributed by atoms with Crippen molar-refractivity contribution in [1.29, 1.82) is 0 Å². The van der Waals surface area contributed by atoms with E-state index in [4.69, 9.17) is 14.9 Å². The fraction of sp³-hybridized carbons (Fsp3) is 0.188. The van der Waals surface area contributed by atoms with E-state index in [9.17, 15) is 0 Å². The predicted molar refractivity (Wildman–Crippen MR) is 83.6 cm³/mol. The molecule has 0 aliphatic heterocycles. The third-order valence-corrected chi connectivity index (χ3v) is 3.05. The maximum atomic E-state index is 5.70. The summed E-state index contributed by atoms with van der Waals surface area (Å²) in [6.07, 6.45) is 0. The molecule has 0 unspecified atom stereocenters. The van der Waals surface area contributed by atoms with Gasteiger partial charge in [0.25, 0.3) is 6.01 Å². The van der Waals surface area contributed by atoms with Crippen LogP contribution in [-0.2, 0) is 0 Å². The molecule has 5 nitrogen and oxygen atoms in total. The minimum atomic E-state index is 0.475. The average Bonchev–Trinajstić information content (AvgIpc) is 2.85. The second-order valence-electron chi connectivity index (χ2n) is 4.84. The van der Waals surface area contributed by atoms with Crippen LogP contribution in [0, 0.1) is 6.92 Å². The van der Waals surface area contributed by atoms with Gasteiger partial charge in [-0.05, 0) is 36.8 Å². The van der Waals surface area contributed by atoms with Crippen molar-refractivity contribution in [1.82, 2.24) is 4.98 Å². The number of anilines is 2. The molecule has 3 N–H and O–H groups in total. The summed E-state index contributed by atoms with van der Waals surface area (Å²) in [4.78, 5) is 4.32. The molecule has 0 spiro atoms. The van der Waals surface area contributed by atoms with E-state index in [1.54, 1.807) is 12.1 Å². The molecule has 0 aliphatic rings. The fourth-order valence-electron chi connectivity index (χ4n) is 2.05. The van der Waals surface area contributed by atoms with Crippen LogP contribution >= 0.6 is 0 Å². The largest absolute Gasteiger partial charge is 0.492 e. The average molecular weight is 283 g/mol. The van der Waals surface area contributed by atoms with Crippen LogP contribution < -0.4 is 15.8 Å². The van der Waals surface area contributed by atoms with Crippen molar-refractivity contribution in [2.75, 3.05) is 24.2 Å². The zero-order chi connectivity index (χ0) is 14.7. The van der Waals surface area contributed by atoms with Crippen molar-refractivity contribution in [3.8, 4) is 5.75 Å². The number of nitrogens with one attached hydrogen (secondary N) is 1. The lowest BCUT2D eigenvalue weighted by atomic mass is 10.2. The van der Waals surface area contributed by atoms with Crippen molar-refractivity contribution in [3.05, 3.63) is 48.0 Å². The highest BCUT2D eigenvalue weighted by atomic mass is 16.5. The second kappa shape index (κ2) is 5.75. The maximum absolute atomic E-state index is 5.70. The van der Waals surface area contributed by atoms with E-state index < -0.39 is 0 Å². The third-order valence-electron chi connectivity index (χ3n) is 3.05. The Hall–Kier alpha value is -2.69. The van der Waals surface area contributed by atoms with Crippen molar-refractivity contribution < 1.29 is 9.15 Å². The zero-order valence-corrected chi connectivity index (χ0v) is 11.8. The quantitative estimate of drug-likeness (QED) is 0.555. The van der Waals surface area contributed by atoms with E-state index in [-0.39, 0.29) is 0 Å². The number of rotatable bonds is 5. The van der Waals surface area contributed by atoms with Gasteiger partial charge in [-0.2, -0.15) is 4.98 Å². The molecule has 0 saturated carbocycles. The molecule has 5 heteroatoms. The predicted octanol–water partition coefficient (Wildman–Crippen LogP) is 3.21. The summed E-state index contributed by atoms with van der Waals surface area (Å²) in [6, 6.07) is 13.8. The van der Waals surface area contributed by atoms with Gasteiger partial charge in [-0.15, -0.1) is 0 Å². The number of fused-ring (bicyclic) bond motifs is 1. The first-order valence-electron chi connectivity index (χ1n) is 6.80. The normalized spacial score (nSPS) is 10.7. The van der Waals surface area contributed by atoms with E-state index >= 15 is 0 Å². The number of hydrogen-bond acceptors (Lipinski definition) is 5. The molecular weight excluding hydrogens is 266 g/mol. The van der Waals surface area contributed by atoms with Crippen LogP contribution in [0.4, 0.5) is 11.7 Å². The molecule has 1 heterocycles. The molecule has 0 radical (unpaired) electrons. The highest BCUT2D eigenvalue weighted by molar-refractivity contribution is 5.78. The van der Waals surface area contributed by atoms with E-state index in [0.717, 1.165) is 11.3 Å². The molecule has 108 valence electrons. The van der Waals surface area contributed by atoms with Gasteiger partial charge in [0.2, 0.25) is 0 Å². The summed E-state index contributed by atoms with van der Waals surface area (Å²) < 4.78 is 11.2. The third kappa shape index (κ3) is 3.25. The van der Waals surface area contributed by atoms with Crippen LogP contribution in [0.1, 0.15) is 5.56 Å². The molecule has 0 bridgehead atoms. The van der Waals surface area contributed by atoms with Gasteiger partial charge in [0.15, 0.2) is 5.58 Å². The topological polar surface area (TPSA) is 73.3 Å². The first kappa shape index (κ1) is 13.3. The lowest BCUT2D eigenvalue weighted by Gasteiger charge is -2.06. The van der Waals surface area contributed by atoms with E-state index in [0.29, 0.717) is 30.4 Å². The van der Waals surface area contributed by atoms with Gasteiger partial charge in [-0.1, -0.05) is 12.1 Å². The molecule has 0 saturated heterocycles. The molecule has 3 aromatic rings. The number of aryl methyl sites for hydroxylation is 1. The highest BCUT2D eigenvalue weighted by Gasteiger charge is 2.05. The number of nitrogens with two attached hydrogens (primary N) is 1. The molecule has 0 atom stereocenters. The van der Waals surface area contributed by atoms with Gasteiger partial charge in [0.05, 0.1) is 6.54 Å². The molecule has 3 rings (SSSR count). The number of benzene rings is 2. The Morgan fingerprint density at radius 3 is 3.00 bits per heavy atom. The smallest absolute Gasteiger partial charge is 0.295 e. The van der Waals surface area contributed by atoms with Gasteiger partial charge in [0, 0.05) is 11.8 Å². The van der Waals surface area contributed by atoms with Crippen LogP contribution in [0.5, 0.6) is 5.75 Å². The van der Waals surface area contributed by atoms with Crippen LogP contribution in [0.3, 0.4) is 0 Å². The summed E-state index contributed by atoms with van der Waals surface area (Å²) in [6.45, 7) is 3.18. The van der Waals surface area contributed by atoms with E-state index in [1.807, 2.05) is 37.3 Å². The van der Waals surface area contributed by atoms with Crippen molar-refractivity contribution in [2.45, 2.75) is 6.92 Å². The van der Waals surface area contributed by atoms with Crippen molar-refractivity contribution in [3.63, 3.8) is 0 Å². The van der Waals surface area contributed by atoms with Crippen molar-refractivity contribution >= 4 is 22.8 Å². The Labute approximate surface area is 122 Å². The Kier molecular flexibility index (Phi) is 3.64. The SMILES string of the molecule is Cc1cccc(OCCNc2nc3ccc(N)cc3o2)c1. The van der Waals surface area contributed by atoms with Crippen molar-refractivity contribution in [2.24, 2.45) is 0 Å². The minimum absolute atomic E-state index is 0.475. The molecule has 2 aromatic carbocycles. The summed E-state index contributed by atoms with van der Waals surface area (Å²) in [5.41, 5.74) is 9.00. The zero-order valence-electron chi connectivity index (χ0n) is 11.8. The number of aromatic nitrogens is 1. The Morgan fingerprint density at radius 1 is 1.24 bits per heavy atom. The Morgan fingerprint density at radius 2 is 2.14 bits per heavy atom. The molecular formula is C16H17N3O2. The van der Waals surface area contributed by atoms with Gasteiger partial charge in [-0.25, -0.2) is 0 Å². The standard InChI is InChI=1S/C16H17N3O2/c1-11-3-2-4-13(9-11)20-8-7-18-16-19-14-6-5-12(17)10-15(14)21-16/h2-6,9-10H,7-8,17H2,1H3,(H,18,19). The van der Waals surface area contributed by atoms with Gasteiger partial charge in [0.1, 0.15) is 17.9 Å². The number of ether oxygens (including phenoxy) is 1. The first-order chi connectivity index (χ1) is 10.2. The summed E-state index contributed by atoms with van der Waals surface area (Å²) in [7, 11) is 0. The summed E-state index contributed by atoms with van der Waals surface area (Å²) in [5, 5.41) is 3.09.